The van der Waals surface area contributed by atoms with Crippen LogP contribution in [0.1, 0.15) is 19.3 Å². The molecule has 0 bridgehead atoms. The number of aliphatic hydroxyl groups is 1. The zero-order chi connectivity index (χ0) is 10.8. The average Bonchev–Trinajstić information content (AvgIpc) is 2.58. The van der Waals surface area contributed by atoms with Gasteiger partial charge in [0.25, 0.3) is 0 Å². The number of ether oxygens (including phenoxy) is 1. The Kier molecular flexibility index (Phi) is 3.63. The van der Waals surface area contributed by atoms with E-state index in [2.05, 4.69) is 32.6 Å². The molecular formula is C9H10ClIN2O2. The molecule has 1 aromatic heterocycles. The van der Waals surface area contributed by atoms with Gasteiger partial charge in [-0.3, -0.25) is 0 Å². The van der Waals surface area contributed by atoms with Crippen molar-refractivity contribution in [3.8, 4) is 5.88 Å². The van der Waals surface area contributed by atoms with E-state index in [-0.39, 0.29) is 11.4 Å². The largest absolute Gasteiger partial charge is 0.471 e. The highest BCUT2D eigenvalue weighted by Crippen LogP contribution is 2.26. The van der Waals surface area contributed by atoms with Gasteiger partial charge in [0.15, 0.2) is 0 Å². The minimum absolute atomic E-state index is 0.163. The quantitative estimate of drug-likeness (QED) is 0.661. The molecule has 0 spiro atoms. The fourth-order valence-corrected chi connectivity index (χ4v) is 2.11. The minimum Gasteiger partial charge on any atom is -0.471 e. The van der Waals surface area contributed by atoms with E-state index in [1.54, 1.807) is 6.20 Å². The van der Waals surface area contributed by atoms with Crippen LogP contribution in [-0.4, -0.2) is 27.3 Å². The molecule has 0 radical (unpaired) electrons. The third-order valence-electron chi connectivity index (χ3n) is 2.36. The van der Waals surface area contributed by atoms with Crippen LogP contribution in [0.4, 0.5) is 0 Å². The molecule has 1 saturated carbocycles. The fraction of sp³-hybridized carbons (Fsp3) is 0.556. The summed E-state index contributed by atoms with van der Waals surface area (Å²) < 4.78 is 6.41. The fourth-order valence-electron chi connectivity index (χ4n) is 1.60. The summed E-state index contributed by atoms with van der Waals surface area (Å²) in [5.41, 5.74) is 0. The van der Waals surface area contributed by atoms with Gasteiger partial charge in [0.05, 0.1) is 9.67 Å². The molecule has 1 aliphatic rings. The zero-order valence-electron chi connectivity index (χ0n) is 7.86. The van der Waals surface area contributed by atoms with Crippen LogP contribution < -0.4 is 4.74 Å². The molecule has 0 saturated heterocycles. The van der Waals surface area contributed by atoms with Gasteiger partial charge >= 0.3 is 0 Å². The normalized spacial score (nSPS) is 25.5. The molecule has 0 aromatic carbocycles. The Morgan fingerprint density at radius 3 is 3.00 bits per heavy atom. The molecule has 1 aliphatic carbocycles. The lowest BCUT2D eigenvalue weighted by Gasteiger charge is -2.16. The van der Waals surface area contributed by atoms with Crippen molar-refractivity contribution in [2.24, 2.45) is 0 Å². The lowest BCUT2D eigenvalue weighted by atomic mass is 10.3. The average molecular weight is 341 g/mol. The zero-order valence-corrected chi connectivity index (χ0v) is 10.8. The number of rotatable bonds is 2. The third-order valence-corrected chi connectivity index (χ3v) is 3.29. The van der Waals surface area contributed by atoms with Gasteiger partial charge in [0.2, 0.25) is 11.2 Å². The van der Waals surface area contributed by atoms with E-state index < -0.39 is 6.10 Å². The van der Waals surface area contributed by atoms with Crippen molar-refractivity contribution in [3.63, 3.8) is 0 Å². The van der Waals surface area contributed by atoms with Crippen molar-refractivity contribution in [2.75, 3.05) is 0 Å². The van der Waals surface area contributed by atoms with Crippen molar-refractivity contribution in [1.82, 2.24) is 9.97 Å². The molecule has 6 heteroatoms. The Bertz CT molecular complexity index is 364. The summed E-state index contributed by atoms with van der Waals surface area (Å²) in [5.74, 6) is 0.460. The van der Waals surface area contributed by atoms with Gasteiger partial charge in [-0.15, -0.1) is 0 Å². The van der Waals surface area contributed by atoms with Crippen LogP contribution in [0.2, 0.25) is 5.28 Å². The van der Waals surface area contributed by atoms with Gasteiger partial charge in [-0.25, -0.2) is 4.98 Å². The lowest BCUT2D eigenvalue weighted by molar-refractivity contribution is 0.0567. The van der Waals surface area contributed by atoms with Crippen LogP contribution >= 0.6 is 34.2 Å². The van der Waals surface area contributed by atoms with E-state index in [0.29, 0.717) is 5.88 Å². The number of halogens is 2. The Morgan fingerprint density at radius 2 is 2.33 bits per heavy atom. The molecule has 1 fully saturated rings. The van der Waals surface area contributed by atoms with E-state index in [4.69, 9.17) is 16.3 Å². The van der Waals surface area contributed by atoms with Crippen LogP contribution in [0.3, 0.4) is 0 Å². The molecule has 0 aliphatic heterocycles. The Labute approximate surface area is 106 Å². The van der Waals surface area contributed by atoms with Crippen molar-refractivity contribution < 1.29 is 9.84 Å². The van der Waals surface area contributed by atoms with Gasteiger partial charge in [-0.2, -0.15) is 4.98 Å². The summed E-state index contributed by atoms with van der Waals surface area (Å²) in [6, 6.07) is 0. The predicted octanol–water partition coefficient (Wildman–Crippen LogP) is 2.03. The minimum atomic E-state index is -0.394. The molecule has 0 amide bonds. The Hall–Kier alpha value is -0.140. The smallest absolute Gasteiger partial charge is 0.231 e. The summed E-state index contributed by atoms with van der Waals surface area (Å²) in [6.45, 7) is 0. The lowest BCUT2D eigenvalue weighted by Crippen LogP contribution is -2.26. The van der Waals surface area contributed by atoms with E-state index >= 15 is 0 Å². The highest BCUT2D eigenvalue weighted by atomic mass is 127. The molecule has 82 valence electrons. The molecule has 1 aromatic rings. The van der Waals surface area contributed by atoms with E-state index in [0.717, 1.165) is 22.8 Å². The van der Waals surface area contributed by atoms with Crippen molar-refractivity contribution in [2.45, 2.75) is 31.5 Å². The first-order valence-corrected chi connectivity index (χ1v) is 6.15. The van der Waals surface area contributed by atoms with Crippen molar-refractivity contribution in [1.29, 1.82) is 0 Å². The highest BCUT2D eigenvalue weighted by Gasteiger charge is 2.28. The summed E-state index contributed by atoms with van der Waals surface area (Å²) in [6.07, 6.45) is 3.69. The van der Waals surface area contributed by atoms with Gasteiger partial charge < -0.3 is 9.84 Å². The number of hydrogen-bond donors (Lipinski definition) is 1. The van der Waals surface area contributed by atoms with E-state index in [1.165, 1.54) is 0 Å². The van der Waals surface area contributed by atoms with Crippen LogP contribution in [0.5, 0.6) is 5.88 Å². The molecule has 2 rings (SSSR count). The molecule has 1 unspecified atom stereocenters. The maximum atomic E-state index is 9.61. The first kappa shape index (κ1) is 11.3. The SMILES string of the molecule is O[C@@H]1CCCC1Oc1nc(Cl)ncc1I. The summed E-state index contributed by atoms with van der Waals surface area (Å²) in [7, 11) is 0. The second-order valence-corrected chi connectivity index (χ2v) is 4.95. The van der Waals surface area contributed by atoms with Gasteiger partial charge in [-0.1, -0.05) is 0 Å². The van der Waals surface area contributed by atoms with Crippen LogP contribution in [0, 0.1) is 3.57 Å². The number of nitrogens with zero attached hydrogens (tertiary/aromatic N) is 2. The molecule has 2 atom stereocenters. The van der Waals surface area contributed by atoms with E-state index in [1.807, 2.05) is 0 Å². The number of aliphatic hydroxyl groups excluding tert-OH is 1. The molecular weight excluding hydrogens is 330 g/mol. The van der Waals surface area contributed by atoms with Crippen LogP contribution in [0.15, 0.2) is 6.20 Å². The maximum absolute atomic E-state index is 9.61. The van der Waals surface area contributed by atoms with Gasteiger partial charge in [0.1, 0.15) is 6.10 Å². The van der Waals surface area contributed by atoms with Gasteiger partial charge in [0, 0.05) is 6.20 Å². The summed E-state index contributed by atoms with van der Waals surface area (Å²) in [5, 5.41) is 9.77. The second-order valence-electron chi connectivity index (χ2n) is 3.45. The topological polar surface area (TPSA) is 55.2 Å². The van der Waals surface area contributed by atoms with Crippen LogP contribution in [0.25, 0.3) is 0 Å². The second kappa shape index (κ2) is 4.80. The van der Waals surface area contributed by atoms with Crippen molar-refractivity contribution >= 4 is 34.2 Å². The molecule has 15 heavy (non-hydrogen) atoms. The monoisotopic (exact) mass is 340 g/mol. The predicted molar refractivity (Wildman–Crippen MR) is 64.0 cm³/mol. The molecule has 1 N–H and O–H groups in total. The number of aromatic nitrogens is 2. The highest BCUT2D eigenvalue weighted by molar-refractivity contribution is 14.1. The first-order valence-electron chi connectivity index (χ1n) is 4.69. The summed E-state index contributed by atoms with van der Waals surface area (Å²) >= 11 is 7.75. The van der Waals surface area contributed by atoms with E-state index in [9.17, 15) is 5.11 Å². The summed E-state index contributed by atoms with van der Waals surface area (Å²) in [4.78, 5) is 7.82. The first-order chi connectivity index (χ1) is 7.16. The number of hydrogen-bond acceptors (Lipinski definition) is 4. The standard InChI is InChI=1S/C9H10ClIN2O2/c10-9-12-4-5(11)8(13-9)15-7-3-1-2-6(7)14/h4,6-7,14H,1-3H2/t6-,7?/m1/s1. The molecule has 1 heterocycles. The van der Waals surface area contributed by atoms with Crippen molar-refractivity contribution in [3.05, 3.63) is 15.1 Å². The van der Waals surface area contributed by atoms with Gasteiger partial charge in [-0.05, 0) is 53.5 Å². The Morgan fingerprint density at radius 1 is 1.53 bits per heavy atom. The van der Waals surface area contributed by atoms with Crippen LogP contribution in [-0.2, 0) is 0 Å². The maximum Gasteiger partial charge on any atom is 0.231 e. The molecule has 4 nitrogen and oxygen atoms in total. The Balaban J connectivity index is 2.12. The third kappa shape index (κ3) is 2.70.